The number of aromatic nitrogens is 2. The Kier molecular flexibility index (Phi) is 5.40. The van der Waals surface area contributed by atoms with Gasteiger partial charge in [-0.3, -0.25) is 4.79 Å². The van der Waals surface area contributed by atoms with Crippen molar-refractivity contribution in [1.29, 1.82) is 0 Å². The second-order valence-corrected chi connectivity index (χ2v) is 7.46. The minimum absolute atomic E-state index is 0.0693. The van der Waals surface area contributed by atoms with Gasteiger partial charge in [0.05, 0.1) is 21.7 Å². The molecule has 0 aliphatic carbocycles. The molecule has 28 heavy (non-hydrogen) atoms. The molecule has 2 aromatic carbocycles. The lowest BCUT2D eigenvalue weighted by molar-refractivity contribution is -0.117. The molecule has 3 aromatic rings. The predicted octanol–water partition coefficient (Wildman–Crippen LogP) is 5.11. The number of fused-ring (bicyclic) bond motifs is 3. The third kappa shape index (κ3) is 3.53. The molecule has 0 saturated heterocycles. The summed E-state index contributed by atoms with van der Waals surface area (Å²) >= 11 is 12.5. The van der Waals surface area contributed by atoms with Gasteiger partial charge in [0.25, 0.3) is 0 Å². The Morgan fingerprint density at radius 3 is 2.89 bits per heavy atom. The molecule has 0 bridgehead atoms. The fourth-order valence-corrected chi connectivity index (χ4v) is 4.05. The fourth-order valence-electron chi connectivity index (χ4n) is 3.54. The lowest BCUT2D eigenvalue weighted by Gasteiger charge is -2.30. The molecule has 1 aliphatic rings. The van der Waals surface area contributed by atoms with Gasteiger partial charge in [-0.05, 0) is 42.8 Å². The number of anilines is 2. The van der Waals surface area contributed by atoms with E-state index in [4.69, 9.17) is 32.9 Å². The third-order valence-corrected chi connectivity index (χ3v) is 5.26. The quantitative estimate of drug-likeness (QED) is 0.542. The lowest BCUT2D eigenvalue weighted by atomic mass is 10.1. The van der Waals surface area contributed by atoms with Crippen LogP contribution >= 0.6 is 23.2 Å². The minimum Gasteiger partial charge on any atom is -0.377 e. The van der Waals surface area contributed by atoms with Crippen molar-refractivity contribution >= 4 is 57.7 Å². The van der Waals surface area contributed by atoms with Gasteiger partial charge in [-0.2, -0.15) is 0 Å². The van der Waals surface area contributed by atoms with Crippen LogP contribution in [0.25, 0.3) is 17.1 Å². The highest BCUT2D eigenvalue weighted by Crippen LogP contribution is 2.38. The number of halogens is 2. The second kappa shape index (κ2) is 7.95. The van der Waals surface area contributed by atoms with E-state index in [0.717, 1.165) is 47.7 Å². The highest BCUT2D eigenvalue weighted by Gasteiger charge is 2.25. The van der Waals surface area contributed by atoms with Crippen molar-refractivity contribution in [3.63, 3.8) is 0 Å². The fraction of sp³-hybridized carbons (Fsp3) is 0.238. The summed E-state index contributed by atoms with van der Waals surface area (Å²) in [6, 6.07) is 11.4. The van der Waals surface area contributed by atoms with Gasteiger partial charge in [0, 0.05) is 30.8 Å². The summed E-state index contributed by atoms with van der Waals surface area (Å²) in [6.45, 7) is 1.74. The average molecular weight is 416 g/mol. The molecular formula is C21H19Cl2N3O2. The Bertz CT molecular complexity index is 1070. The van der Waals surface area contributed by atoms with Crippen molar-refractivity contribution in [2.24, 2.45) is 0 Å². The van der Waals surface area contributed by atoms with Crippen LogP contribution in [-0.2, 0) is 16.1 Å². The summed E-state index contributed by atoms with van der Waals surface area (Å²) in [5.74, 6) is 0.766. The molecule has 0 atom stereocenters. The number of carbonyl (C=O) groups excluding carboxylic acids is 1. The summed E-state index contributed by atoms with van der Waals surface area (Å²) in [5, 5.41) is 1.20. The summed E-state index contributed by atoms with van der Waals surface area (Å²) in [5.41, 5.74) is 3.72. The van der Waals surface area contributed by atoms with Crippen LogP contribution in [0.4, 0.5) is 11.6 Å². The van der Waals surface area contributed by atoms with Crippen LogP contribution in [-0.4, -0.2) is 35.6 Å². The number of hydrogen-bond donors (Lipinski definition) is 0. The van der Waals surface area contributed by atoms with Crippen molar-refractivity contribution in [2.45, 2.75) is 13.0 Å². The number of benzene rings is 2. The van der Waals surface area contributed by atoms with Crippen molar-refractivity contribution in [3.8, 4) is 0 Å². The predicted molar refractivity (Wildman–Crippen MR) is 114 cm³/mol. The normalized spacial score (nSPS) is 14.0. The maximum atomic E-state index is 11.8. The number of hydrogen-bond acceptors (Lipinski definition) is 4. The van der Waals surface area contributed by atoms with Crippen molar-refractivity contribution in [2.75, 3.05) is 25.2 Å². The SMILES string of the molecule is COCC(=O)C=Cc1cccc2nc3n(c12)CCCN3c1ccc(Cl)cc1Cl. The number of rotatable bonds is 5. The number of methoxy groups -OCH3 is 1. The van der Waals surface area contributed by atoms with Crippen LogP contribution in [0.3, 0.4) is 0 Å². The Labute approximate surface area is 173 Å². The van der Waals surface area contributed by atoms with E-state index < -0.39 is 0 Å². The molecule has 0 radical (unpaired) electrons. The monoisotopic (exact) mass is 415 g/mol. The molecule has 4 rings (SSSR count). The Morgan fingerprint density at radius 2 is 2.11 bits per heavy atom. The zero-order valence-electron chi connectivity index (χ0n) is 15.4. The van der Waals surface area contributed by atoms with Crippen LogP contribution in [0.15, 0.2) is 42.5 Å². The minimum atomic E-state index is -0.0764. The molecule has 1 aliphatic heterocycles. The van der Waals surface area contributed by atoms with Crippen LogP contribution in [0, 0.1) is 0 Å². The van der Waals surface area contributed by atoms with Crippen molar-refractivity contribution in [3.05, 3.63) is 58.1 Å². The molecule has 144 valence electrons. The van der Waals surface area contributed by atoms with E-state index in [9.17, 15) is 4.79 Å². The maximum absolute atomic E-state index is 11.8. The van der Waals surface area contributed by atoms with Crippen LogP contribution < -0.4 is 4.90 Å². The topological polar surface area (TPSA) is 47.4 Å². The smallest absolute Gasteiger partial charge is 0.211 e. The lowest BCUT2D eigenvalue weighted by Crippen LogP contribution is -2.28. The molecule has 0 unspecified atom stereocenters. The van der Waals surface area contributed by atoms with E-state index in [1.807, 2.05) is 36.4 Å². The Morgan fingerprint density at radius 1 is 1.25 bits per heavy atom. The highest BCUT2D eigenvalue weighted by molar-refractivity contribution is 6.36. The summed E-state index contributed by atoms with van der Waals surface area (Å²) in [7, 11) is 1.51. The van der Waals surface area contributed by atoms with E-state index in [-0.39, 0.29) is 12.4 Å². The Balaban J connectivity index is 1.80. The van der Waals surface area contributed by atoms with E-state index in [2.05, 4.69) is 9.47 Å². The summed E-state index contributed by atoms with van der Waals surface area (Å²) < 4.78 is 7.08. The Hall–Kier alpha value is -2.34. The van der Waals surface area contributed by atoms with Gasteiger partial charge >= 0.3 is 0 Å². The zero-order valence-corrected chi connectivity index (χ0v) is 16.9. The number of imidazole rings is 1. The number of aryl methyl sites for hydroxylation is 1. The van der Waals surface area contributed by atoms with Crippen molar-refractivity contribution in [1.82, 2.24) is 9.55 Å². The first-order chi connectivity index (χ1) is 13.6. The van der Waals surface area contributed by atoms with Gasteiger partial charge in [-0.25, -0.2) is 4.98 Å². The molecule has 5 nitrogen and oxygen atoms in total. The van der Waals surface area contributed by atoms with Gasteiger partial charge in [0.1, 0.15) is 6.61 Å². The van der Waals surface area contributed by atoms with Crippen molar-refractivity contribution < 1.29 is 9.53 Å². The first-order valence-electron chi connectivity index (χ1n) is 9.00. The van der Waals surface area contributed by atoms with Crippen LogP contribution in [0.2, 0.25) is 10.0 Å². The molecule has 0 spiro atoms. The highest BCUT2D eigenvalue weighted by atomic mass is 35.5. The van der Waals surface area contributed by atoms with Gasteiger partial charge < -0.3 is 14.2 Å². The number of ketones is 1. The van der Waals surface area contributed by atoms with Crippen LogP contribution in [0.5, 0.6) is 0 Å². The first-order valence-corrected chi connectivity index (χ1v) is 9.76. The van der Waals surface area contributed by atoms with Crippen LogP contribution in [0.1, 0.15) is 12.0 Å². The summed E-state index contributed by atoms with van der Waals surface area (Å²) in [4.78, 5) is 18.8. The average Bonchev–Trinajstić information content (AvgIpc) is 3.06. The molecule has 0 saturated carbocycles. The van der Waals surface area contributed by atoms with Gasteiger partial charge in [0.15, 0.2) is 5.78 Å². The molecule has 7 heteroatoms. The summed E-state index contributed by atoms with van der Waals surface area (Å²) in [6.07, 6.45) is 4.33. The van der Waals surface area contributed by atoms with Gasteiger partial charge in [-0.1, -0.05) is 35.3 Å². The molecular weight excluding hydrogens is 397 g/mol. The van der Waals surface area contributed by atoms with E-state index in [0.29, 0.717) is 10.0 Å². The van der Waals surface area contributed by atoms with E-state index >= 15 is 0 Å². The number of nitrogens with zero attached hydrogens (tertiary/aromatic N) is 3. The third-order valence-electron chi connectivity index (χ3n) is 4.72. The van der Waals surface area contributed by atoms with E-state index in [1.54, 1.807) is 12.1 Å². The second-order valence-electron chi connectivity index (χ2n) is 6.61. The number of para-hydroxylation sites is 1. The largest absolute Gasteiger partial charge is 0.377 e. The molecule has 0 amide bonds. The van der Waals surface area contributed by atoms with Gasteiger partial charge in [0.2, 0.25) is 5.95 Å². The zero-order chi connectivity index (χ0) is 19.7. The molecule has 0 fully saturated rings. The molecule has 1 aromatic heterocycles. The number of carbonyl (C=O) groups is 1. The van der Waals surface area contributed by atoms with Gasteiger partial charge in [-0.15, -0.1) is 0 Å². The molecule has 2 heterocycles. The number of ether oxygens (including phenoxy) is 1. The standard InChI is InChI=1S/C21H19Cl2N3O2/c1-28-13-16(27)8-6-14-4-2-5-18-20(14)26-11-3-10-25(21(26)24-18)19-9-7-15(22)12-17(19)23/h2,4-9,12H,3,10-11,13H2,1H3. The first kappa shape index (κ1) is 19.0. The maximum Gasteiger partial charge on any atom is 0.211 e. The molecule has 0 N–H and O–H groups in total. The van der Waals surface area contributed by atoms with E-state index in [1.165, 1.54) is 7.11 Å².